The van der Waals surface area contributed by atoms with E-state index in [0.29, 0.717) is 30.0 Å². The second-order valence-corrected chi connectivity index (χ2v) is 9.67. The fourth-order valence-electron chi connectivity index (χ4n) is 4.24. The summed E-state index contributed by atoms with van der Waals surface area (Å²) in [6.45, 7) is 4.41. The van der Waals surface area contributed by atoms with Gasteiger partial charge in [0.05, 0.1) is 26.3 Å². The number of methoxy groups -OCH3 is 1. The van der Waals surface area contributed by atoms with Crippen LogP contribution in [0.1, 0.15) is 48.2 Å². The summed E-state index contributed by atoms with van der Waals surface area (Å²) in [5.41, 5.74) is 1.63. The zero-order chi connectivity index (χ0) is 25.8. The van der Waals surface area contributed by atoms with E-state index in [-0.39, 0.29) is 48.3 Å². The van der Waals surface area contributed by atoms with E-state index in [1.807, 2.05) is 38.1 Å². The number of aliphatic hydroxyl groups excluding tert-OH is 1. The molecule has 0 spiro atoms. The molecule has 0 bridgehead atoms. The van der Waals surface area contributed by atoms with Crippen molar-refractivity contribution in [3.8, 4) is 23.5 Å². The average molecular weight is 492 g/mol. The van der Waals surface area contributed by atoms with Gasteiger partial charge in [0, 0.05) is 42.8 Å². The number of nitrogens with zero attached hydrogens (tertiary/aromatic N) is 3. The number of rotatable bonds is 6. The lowest BCUT2D eigenvalue weighted by atomic mass is 9.99. The van der Waals surface area contributed by atoms with E-state index in [1.165, 1.54) is 0 Å². The highest BCUT2D eigenvalue weighted by atomic mass is 16.5. The molecule has 0 radical (unpaired) electrons. The Morgan fingerprint density at radius 3 is 2.75 bits per heavy atom. The van der Waals surface area contributed by atoms with Crippen LogP contribution in [0.25, 0.3) is 0 Å². The van der Waals surface area contributed by atoms with Crippen molar-refractivity contribution in [3.05, 3.63) is 53.2 Å². The minimum Gasteiger partial charge on any atom is -0.497 e. The van der Waals surface area contributed by atoms with Crippen molar-refractivity contribution in [2.24, 2.45) is 11.8 Å². The van der Waals surface area contributed by atoms with Gasteiger partial charge in [0.2, 0.25) is 11.8 Å². The molecule has 1 aromatic heterocycles. The van der Waals surface area contributed by atoms with E-state index >= 15 is 0 Å². The number of carbonyl (C=O) groups excluding carboxylic acids is 2. The lowest BCUT2D eigenvalue weighted by Gasteiger charge is -2.37. The van der Waals surface area contributed by atoms with Gasteiger partial charge >= 0.3 is 0 Å². The maximum absolute atomic E-state index is 13.5. The van der Waals surface area contributed by atoms with Gasteiger partial charge in [0.15, 0.2) is 0 Å². The zero-order valence-electron chi connectivity index (χ0n) is 21.2. The van der Waals surface area contributed by atoms with Crippen LogP contribution >= 0.6 is 0 Å². The number of aliphatic hydroxyl groups is 1. The van der Waals surface area contributed by atoms with Gasteiger partial charge in [0.25, 0.3) is 5.91 Å². The summed E-state index contributed by atoms with van der Waals surface area (Å²) < 4.78 is 11.5. The van der Waals surface area contributed by atoms with Crippen molar-refractivity contribution in [1.82, 2.24) is 14.8 Å². The molecule has 2 aromatic rings. The molecular weight excluding hydrogens is 458 g/mol. The second kappa shape index (κ2) is 11.0. The van der Waals surface area contributed by atoms with E-state index in [9.17, 15) is 14.7 Å². The molecule has 2 aliphatic rings. The predicted octanol–water partition coefficient (Wildman–Crippen LogP) is 2.58. The minimum atomic E-state index is -0.385. The standard InChI is InChI=1S/C28H33N3O5/c1-18-15-31(19(2)17-32)28(34)24-13-21(9-8-20-6-5-7-23(12-20)35-4)14-29-26(24)36-25(18)16-30(3)27(33)22-10-11-22/h5-7,12-14,18-19,22,25,32H,10-11,15-17H2,1-4H3/t18-,19-,25+/m0/s1. The fourth-order valence-corrected chi connectivity index (χ4v) is 4.24. The highest BCUT2D eigenvalue weighted by Crippen LogP contribution is 2.32. The Balaban J connectivity index is 1.65. The number of carbonyl (C=O) groups is 2. The van der Waals surface area contributed by atoms with Crippen LogP contribution in [-0.4, -0.2) is 77.7 Å². The van der Waals surface area contributed by atoms with Crippen LogP contribution in [0, 0.1) is 23.7 Å². The van der Waals surface area contributed by atoms with Crippen molar-refractivity contribution in [2.45, 2.75) is 38.8 Å². The number of hydrogen-bond donors (Lipinski definition) is 1. The summed E-state index contributed by atoms with van der Waals surface area (Å²) >= 11 is 0. The molecule has 1 N–H and O–H groups in total. The number of hydrogen-bond acceptors (Lipinski definition) is 6. The minimum absolute atomic E-state index is 0.0834. The number of ether oxygens (including phenoxy) is 2. The third kappa shape index (κ3) is 5.80. The topological polar surface area (TPSA) is 92.2 Å². The molecule has 1 aliphatic carbocycles. The summed E-state index contributed by atoms with van der Waals surface area (Å²) in [6, 6.07) is 8.71. The van der Waals surface area contributed by atoms with E-state index < -0.39 is 0 Å². The van der Waals surface area contributed by atoms with Crippen molar-refractivity contribution >= 4 is 11.8 Å². The van der Waals surface area contributed by atoms with Crippen LogP contribution in [0.4, 0.5) is 0 Å². The lowest BCUT2D eigenvalue weighted by Crippen LogP contribution is -2.50. The van der Waals surface area contributed by atoms with Gasteiger partial charge in [-0.25, -0.2) is 4.98 Å². The highest BCUT2D eigenvalue weighted by Gasteiger charge is 2.37. The first kappa shape index (κ1) is 25.5. The molecule has 1 fully saturated rings. The number of benzene rings is 1. The second-order valence-electron chi connectivity index (χ2n) is 9.67. The maximum Gasteiger partial charge on any atom is 0.259 e. The van der Waals surface area contributed by atoms with Crippen molar-refractivity contribution < 1.29 is 24.2 Å². The van der Waals surface area contributed by atoms with Crippen LogP contribution in [0.15, 0.2) is 36.5 Å². The number of likely N-dealkylation sites (N-methyl/N-ethyl adjacent to an activating group) is 1. The SMILES string of the molecule is COc1cccc(C#Cc2cnc3c(c2)C(=O)N([C@@H](C)CO)C[C@H](C)[C@@H](CN(C)C(=O)C2CC2)O3)c1. The highest BCUT2D eigenvalue weighted by molar-refractivity contribution is 5.97. The summed E-state index contributed by atoms with van der Waals surface area (Å²) in [5.74, 6) is 6.96. The maximum atomic E-state index is 13.5. The van der Waals surface area contributed by atoms with Gasteiger partial charge in [-0.2, -0.15) is 0 Å². The first-order chi connectivity index (χ1) is 17.3. The van der Waals surface area contributed by atoms with Crippen LogP contribution < -0.4 is 9.47 Å². The zero-order valence-corrected chi connectivity index (χ0v) is 21.2. The van der Waals surface area contributed by atoms with Crippen LogP contribution in [0.2, 0.25) is 0 Å². The molecule has 1 aromatic carbocycles. The molecule has 3 atom stereocenters. The van der Waals surface area contributed by atoms with Crippen molar-refractivity contribution in [3.63, 3.8) is 0 Å². The number of amides is 2. The number of aromatic nitrogens is 1. The van der Waals surface area contributed by atoms with E-state index in [4.69, 9.17) is 9.47 Å². The molecule has 0 unspecified atom stereocenters. The molecule has 1 saturated carbocycles. The predicted molar refractivity (Wildman–Crippen MR) is 135 cm³/mol. The van der Waals surface area contributed by atoms with Gasteiger partial charge in [-0.3, -0.25) is 9.59 Å². The molecule has 8 nitrogen and oxygen atoms in total. The summed E-state index contributed by atoms with van der Waals surface area (Å²) in [5, 5.41) is 9.83. The van der Waals surface area contributed by atoms with Gasteiger partial charge in [-0.1, -0.05) is 24.8 Å². The Labute approximate surface area is 212 Å². The van der Waals surface area contributed by atoms with Crippen molar-refractivity contribution in [2.75, 3.05) is 33.9 Å². The third-order valence-corrected chi connectivity index (χ3v) is 6.70. The average Bonchev–Trinajstić information content (AvgIpc) is 3.74. The molecule has 4 rings (SSSR count). The molecule has 0 saturated heterocycles. The molecule has 36 heavy (non-hydrogen) atoms. The third-order valence-electron chi connectivity index (χ3n) is 6.70. The largest absolute Gasteiger partial charge is 0.497 e. The summed E-state index contributed by atoms with van der Waals surface area (Å²) in [6.07, 6.45) is 3.09. The molecule has 1 aliphatic heterocycles. The Kier molecular flexibility index (Phi) is 7.80. The Bertz CT molecular complexity index is 1180. The van der Waals surface area contributed by atoms with Crippen LogP contribution in [0.5, 0.6) is 11.6 Å². The first-order valence-corrected chi connectivity index (χ1v) is 12.3. The summed E-state index contributed by atoms with van der Waals surface area (Å²) in [7, 11) is 3.39. The monoisotopic (exact) mass is 491 g/mol. The van der Waals surface area contributed by atoms with Gasteiger partial charge in [0.1, 0.15) is 17.4 Å². The Morgan fingerprint density at radius 2 is 2.06 bits per heavy atom. The van der Waals surface area contributed by atoms with Crippen molar-refractivity contribution in [1.29, 1.82) is 0 Å². The fraction of sp³-hybridized carbons (Fsp3) is 0.464. The van der Waals surface area contributed by atoms with Gasteiger partial charge < -0.3 is 24.4 Å². The van der Waals surface area contributed by atoms with Crippen LogP contribution in [0.3, 0.4) is 0 Å². The molecule has 8 heteroatoms. The number of fused-ring (bicyclic) bond motifs is 1. The Morgan fingerprint density at radius 1 is 1.31 bits per heavy atom. The van der Waals surface area contributed by atoms with Gasteiger partial charge in [-0.05, 0) is 44.0 Å². The van der Waals surface area contributed by atoms with Gasteiger partial charge in [-0.15, -0.1) is 0 Å². The molecule has 2 heterocycles. The van der Waals surface area contributed by atoms with Crippen LogP contribution in [-0.2, 0) is 4.79 Å². The van der Waals surface area contributed by atoms with E-state index in [0.717, 1.165) is 18.4 Å². The molecule has 2 amide bonds. The Hall–Kier alpha value is -3.57. The lowest BCUT2D eigenvalue weighted by molar-refractivity contribution is -0.132. The first-order valence-electron chi connectivity index (χ1n) is 12.3. The van der Waals surface area contributed by atoms with E-state index in [2.05, 4.69) is 16.8 Å². The number of pyridine rings is 1. The molecule has 190 valence electrons. The quantitative estimate of drug-likeness (QED) is 0.625. The van der Waals surface area contributed by atoms with E-state index in [1.54, 1.807) is 36.2 Å². The normalized spacial score (nSPS) is 20.1. The molecular formula is C28H33N3O5. The smallest absolute Gasteiger partial charge is 0.259 e. The summed E-state index contributed by atoms with van der Waals surface area (Å²) in [4.78, 5) is 33.9.